The van der Waals surface area contributed by atoms with Crippen LogP contribution in [-0.4, -0.2) is 56.8 Å². The maximum Gasteiger partial charge on any atom is 0.134 e. The van der Waals surface area contributed by atoms with Gasteiger partial charge in [0.2, 0.25) is 0 Å². The van der Waals surface area contributed by atoms with E-state index in [0.717, 1.165) is 17.9 Å². The van der Waals surface area contributed by atoms with Crippen LogP contribution in [-0.2, 0) is 4.74 Å². The first-order valence-corrected chi connectivity index (χ1v) is 6.52. The molecule has 0 aliphatic carbocycles. The van der Waals surface area contributed by atoms with E-state index in [2.05, 4.69) is 11.6 Å². The molecular formula is C11H17NO4S. The average Bonchev–Trinajstić information content (AvgIpc) is 2.74. The summed E-state index contributed by atoms with van der Waals surface area (Å²) in [4.78, 5) is 4.36. The largest absolute Gasteiger partial charge is 0.394 e. The zero-order valence-electron chi connectivity index (χ0n) is 9.40. The number of aliphatic hydroxyl groups is 3. The van der Waals surface area contributed by atoms with Crippen molar-refractivity contribution in [3.63, 3.8) is 0 Å². The van der Waals surface area contributed by atoms with Gasteiger partial charge in [-0.25, -0.2) is 0 Å². The summed E-state index contributed by atoms with van der Waals surface area (Å²) < 4.78 is 5.51. The first-order valence-electron chi connectivity index (χ1n) is 5.64. The molecule has 0 aromatic carbocycles. The Morgan fingerprint density at radius 1 is 1.41 bits per heavy atom. The lowest BCUT2D eigenvalue weighted by Gasteiger charge is -2.37. The standard InChI is InChI=1S/C11H17NO4S/c1-2-3-4-7-12-8-10(15)9(14)6(5-13)16-11(8)17-7/h2,6,8-11,13-15H,1,3-5H2/t6-,8-,9-,10-,11-/m1/s1. The number of rotatable bonds is 4. The predicted octanol–water partition coefficient (Wildman–Crippen LogP) is -0.0945. The molecule has 17 heavy (non-hydrogen) atoms. The Labute approximate surface area is 104 Å². The van der Waals surface area contributed by atoms with Crippen molar-refractivity contribution in [1.29, 1.82) is 0 Å². The van der Waals surface area contributed by atoms with Crippen LogP contribution < -0.4 is 0 Å². The lowest BCUT2D eigenvalue weighted by Crippen LogP contribution is -2.55. The molecule has 0 spiro atoms. The monoisotopic (exact) mass is 259 g/mol. The van der Waals surface area contributed by atoms with Crippen LogP contribution in [0.15, 0.2) is 17.6 Å². The van der Waals surface area contributed by atoms with Crippen molar-refractivity contribution in [2.75, 3.05) is 6.61 Å². The maximum atomic E-state index is 9.91. The van der Waals surface area contributed by atoms with Crippen LogP contribution in [0, 0.1) is 0 Å². The Morgan fingerprint density at radius 2 is 2.18 bits per heavy atom. The quantitative estimate of drug-likeness (QED) is 0.614. The van der Waals surface area contributed by atoms with E-state index in [-0.39, 0.29) is 12.0 Å². The van der Waals surface area contributed by atoms with Crippen LogP contribution in [0.2, 0.25) is 0 Å². The highest BCUT2D eigenvalue weighted by Crippen LogP contribution is 2.37. The first-order chi connectivity index (χ1) is 8.17. The Kier molecular flexibility index (Phi) is 4.22. The van der Waals surface area contributed by atoms with E-state index in [1.807, 2.05) is 6.08 Å². The number of ether oxygens (including phenoxy) is 1. The highest BCUT2D eigenvalue weighted by atomic mass is 32.2. The lowest BCUT2D eigenvalue weighted by atomic mass is 9.99. The van der Waals surface area contributed by atoms with Gasteiger partial charge >= 0.3 is 0 Å². The summed E-state index contributed by atoms with van der Waals surface area (Å²) in [6.07, 6.45) is 0.634. The van der Waals surface area contributed by atoms with Crippen LogP contribution >= 0.6 is 11.8 Å². The topological polar surface area (TPSA) is 82.3 Å². The molecule has 0 radical (unpaired) electrons. The van der Waals surface area contributed by atoms with Gasteiger partial charge in [-0.05, 0) is 12.8 Å². The number of fused-ring (bicyclic) bond motifs is 1. The number of aliphatic imine (C=N–C) groups is 1. The van der Waals surface area contributed by atoms with E-state index in [1.54, 1.807) is 0 Å². The second kappa shape index (κ2) is 5.49. The summed E-state index contributed by atoms with van der Waals surface area (Å²) in [6.45, 7) is 3.35. The Morgan fingerprint density at radius 3 is 2.82 bits per heavy atom. The van der Waals surface area contributed by atoms with Crippen molar-refractivity contribution in [3.05, 3.63) is 12.7 Å². The number of hydrogen-bond acceptors (Lipinski definition) is 6. The molecule has 2 heterocycles. The van der Waals surface area contributed by atoms with E-state index in [0.29, 0.717) is 0 Å². The number of nitrogens with zero attached hydrogens (tertiary/aromatic N) is 1. The summed E-state index contributed by atoms with van der Waals surface area (Å²) in [5.41, 5.74) is -0.301. The molecule has 5 atom stereocenters. The van der Waals surface area contributed by atoms with E-state index in [4.69, 9.17) is 9.84 Å². The summed E-state index contributed by atoms with van der Waals surface area (Å²) in [5.74, 6) is 0. The predicted molar refractivity (Wildman–Crippen MR) is 66.0 cm³/mol. The fourth-order valence-electron chi connectivity index (χ4n) is 1.98. The summed E-state index contributed by atoms with van der Waals surface area (Å²) in [7, 11) is 0. The fourth-order valence-corrected chi connectivity index (χ4v) is 3.23. The molecule has 3 N–H and O–H groups in total. The van der Waals surface area contributed by atoms with Crippen molar-refractivity contribution >= 4 is 16.8 Å². The van der Waals surface area contributed by atoms with E-state index in [1.165, 1.54) is 11.8 Å². The zero-order chi connectivity index (χ0) is 12.4. The molecule has 0 aromatic heterocycles. The molecule has 0 saturated carbocycles. The van der Waals surface area contributed by atoms with E-state index >= 15 is 0 Å². The van der Waals surface area contributed by atoms with Gasteiger partial charge in [-0.15, -0.1) is 6.58 Å². The van der Waals surface area contributed by atoms with Crippen LogP contribution in [0.5, 0.6) is 0 Å². The Bertz CT molecular complexity index is 323. The lowest BCUT2D eigenvalue weighted by molar-refractivity contribution is -0.164. The molecule has 96 valence electrons. The third kappa shape index (κ3) is 2.56. The molecule has 0 aromatic rings. The smallest absolute Gasteiger partial charge is 0.134 e. The summed E-state index contributed by atoms with van der Waals surface area (Å²) >= 11 is 1.46. The minimum atomic E-state index is -1.08. The number of thioether (sulfide) groups is 1. The number of hydrogen-bond donors (Lipinski definition) is 3. The highest BCUT2D eigenvalue weighted by Gasteiger charge is 2.47. The van der Waals surface area contributed by atoms with Gasteiger partial charge in [-0.2, -0.15) is 0 Å². The summed E-state index contributed by atoms with van der Waals surface area (Å²) in [5, 5.41) is 29.6. The van der Waals surface area contributed by atoms with Crippen LogP contribution in [0.25, 0.3) is 0 Å². The van der Waals surface area contributed by atoms with Gasteiger partial charge in [0.25, 0.3) is 0 Å². The van der Waals surface area contributed by atoms with Gasteiger partial charge in [-0.1, -0.05) is 17.8 Å². The SMILES string of the molecule is C=CCCC1=N[C@@H]2[C@@H](O)[C@H](O)[C@@H](CO)O[C@@H]2S1. The van der Waals surface area contributed by atoms with Crippen molar-refractivity contribution < 1.29 is 20.1 Å². The van der Waals surface area contributed by atoms with Crippen molar-refractivity contribution in [2.24, 2.45) is 4.99 Å². The van der Waals surface area contributed by atoms with Gasteiger partial charge in [-0.3, -0.25) is 4.99 Å². The van der Waals surface area contributed by atoms with Crippen LogP contribution in [0.3, 0.4) is 0 Å². The van der Waals surface area contributed by atoms with E-state index in [9.17, 15) is 10.2 Å². The van der Waals surface area contributed by atoms with Gasteiger partial charge < -0.3 is 20.1 Å². The molecule has 2 aliphatic rings. The molecule has 2 rings (SSSR count). The van der Waals surface area contributed by atoms with Gasteiger partial charge in [0.05, 0.1) is 11.7 Å². The van der Waals surface area contributed by atoms with Gasteiger partial charge in [0.1, 0.15) is 29.8 Å². The minimum absolute atomic E-state index is 0.301. The molecule has 1 fully saturated rings. The average molecular weight is 259 g/mol. The Balaban J connectivity index is 2.04. The minimum Gasteiger partial charge on any atom is -0.394 e. The molecule has 6 heteroatoms. The Hall–Kier alpha value is -0.400. The van der Waals surface area contributed by atoms with Gasteiger partial charge in [0, 0.05) is 0 Å². The molecular weight excluding hydrogens is 242 g/mol. The second-order valence-electron chi connectivity index (χ2n) is 4.17. The van der Waals surface area contributed by atoms with Crippen LogP contribution in [0.4, 0.5) is 0 Å². The van der Waals surface area contributed by atoms with Crippen molar-refractivity contribution in [1.82, 2.24) is 0 Å². The normalized spacial score (nSPS) is 40.9. The third-order valence-corrected chi connectivity index (χ3v) is 4.16. The number of allylic oxidation sites excluding steroid dienone is 1. The molecule has 5 nitrogen and oxygen atoms in total. The van der Waals surface area contributed by atoms with Crippen LogP contribution in [0.1, 0.15) is 12.8 Å². The molecule has 0 bridgehead atoms. The second-order valence-corrected chi connectivity index (χ2v) is 5.34. The zero-order valence-corrected chi connectivity index (χ0v) is 10.2. The molecule has 2 aliphatic heterocycles. The van der Waals surface area contributed by atoms with E-state index < -0.39 is 24.4 Å². The molecule has 0 amide bonds. The number of aliphatic hydroxyl groups excluding tert-OH is 3. The molecule has 1 saturated heterocycles. The highest BCUT2D eigenvalue weighted by molar-refractivity contribution is 8.14. The maximum absolute atomic E-state index is 9.91. The third-order valence-electron chi connectivity index (χ3n) is 2.96. The molecule has 0 unspecified atom stereocenters. The van der Waals surface area contributed by atoms with Crippen molar-refractivity contribution in [3.8, 4) is 0 Å². The van der Waals surface area contributed by atoms with Gasteiger partial charge in [0.15, 0.2) is 0 Å². The van der Waals surface area contributed by atoms with Crippen molar-refractivity contribution in [2.45, 2.75) is 42.6 Å². The fraction of sp³-hybridized carbons (Fsp3) is 0.727. The first kappa shape index (κ1) is 13.0. The summed E-state index contributed by atoms with van der Waals surface area (Å²) in [6, 6.07) is -0.433.